The largest absolute Gasteiger partial charge is 0.375 e. The van der Waals surface area contributed by atoms with Crippen LogP contribution < -0.4 is 4.90 Å². The van der Waals surface area contributed by atoms with Crippen molar-refractivity contribution in [3.63, 3.8) is 0 Å². The van der Waals surface area contributed by atoms with Gasteiger partial charge in [0.2, 0.25) is 0 Å². The number of benzene rings is 2. The van der Waals surface area contributed by atoms with Gasteiger partial charge in [-0.15, -0.1) is 0 Å². The van der Waals surface area contributed by atoms with Crippen LogP contribution in [0.4, 0.5) is 5.69 Å². The molecule has 3 rings (SSSR count). The van der Waals surface area contributed by atoms with Crippen LogP contribution in [0.15, 0.2) is 48.5 Å². The highest BCUT2D eigenvalue weighted by molar-refractivity contribution is 6.11. The van der Waals surface area contributed by atoms with Crippen molar-refractivity contribution in [1.82, 2.24) is 0 Å². The first-order chi connectivity index (χ1) is 11.3. The van der Waals surface area contributed by atoms with Gasteiger partial charge in [-0.25, -0.2) is 0 Å². The maximum atomic E-state index is 12.9. The van der Waals surface area contributed by atoms with E-state index < -0.39 is 11.5 Å². The summed E-state index contributed by atoms with van der Waals surface area (Å²) in [6.07, 6.45) is -0.255. The first-order valence-electron chi connectivity index (χ1n) is 8.10. The lowest BCUT2D eigenvalue weighted by Crippen LogP contribution is -2.44. The van der Waals surface area contributed by atoms with Crippen LogP contribution >= 0.6 is 0 Å². The number of nitrogens with zero attached hydrogens (tertiary/aromatic N) is 1. The summed E-state index contributed by atoms with van der Waals surface area (Å²) in [5.41, 5.74) is 0.935. The van der Waals surface area contributed by atoms with Crippen LogP contribution in [-0.2, 0) is 10.4 Å². The predicted molar refractivity (Wildman–Crippen MR) is 93.1 cm³/mol. The smallest absolute Gasteiger partial charge is 0.264 e. The van der Waals surface area contributed by atoms with E-state index in [4.69, 9.17) is 0 Å². The Balaban J connectivity index is 1.98. The number of amides is 1. The molecule has 0 aliphatic carbocycles. The lowest BCUT2D eigenvalue weighted by molar-refractivity contribution is -0.136. The van der Waals surface area contributed by atoms with Gasteiger partial charge >= 0.3 is 0 Å². The van der Waals surface area contributed by atoms with E-state index in [1.165, 1.54) is 0 Å². The highest BCUT2D eigenvalue weighted by Gasteiger charge is 2.51. The van der Waals surface area contributed by atoms with Crippen LogP contribution in [0.25, 0.3) is 0 Å². The summed E-state index contributed by atoms with van der Waals surface area (Å²) in [7, 11) is 0. The fourth-order valence-electron chi connectivity index (χ4n) is 3.21. The number of fused-ring (bicyclic) bond motifs is 1. The molecule has 0 radical (unpaired) electrons. The Morgan fingerprint density at radius 2 is 1.75 bits per heavy atom. The summed E-state index contributed by atoms with van der Waals surface area (Å²) in [4.78, 5) is 27.1. The molecule has 4 nitrogen and oxygen atoms in total. The molecule has 4 heteroatoms. The maximum absolute atomic E-state index is 12.9. The topological polar surface area (TPSA) is 57.6 Å². The van der Waals surface area contributed by atoms with Gasteiger partial charge in [0.25, 0.3) is 5.91 Å². The Kier molecular flexibility index (Phi) is 4.01. The molecule has 1 atom stereocenters. The molecule has 0 saturated heterocycles. The minimum Gasteiger partial charge on any atom is -0.375 e. The van der Waals surface area contributed by atoms with Gasteiger partial charge in [-0.2, -0.15) is 0 Å². The number of Topliss-reactive ketones (excluding diaryl/α,β-unsaturated/α-hetero) is 1. The van der Waals surface area contributed by atoms with Crippen molar-refractivity contribution in [2.24, 2.45) is 0 Å². The summed E-state index contributed by atoms with van der Waals surface area (Å²) in [5, 5.41) is 11.1. The van der Waals surface area contributed by atoms with Gasteiger partial charge in [0.15, 0.2) is 11.4 Å². The van der Waals surface area contributed by atoms with Gasteiger partial charge in [-0.3, -0.25) is 9.59 Å². The monoisotopic (exact) mass is 323 g/mol. The molecular formula is C20H21NO3. The number of ketones is 1. The lowest BCUT2D eigenvalue weighted by atomic mass is 9.88. The molecule has 2 aromatic carbocycles. The van der Waals surface area contributed by atoms with Crippen molar-refractivity contribution in [1.29, 1.82) is 0 Å². The van der Waals surface area contributed by atoms with Gasteiger partial charge in [-0.1, -0.05) is 48.0 Å². The molecule has 2 aromatic rings. The van der Waals surface area contributed by atoms with Crippen LogP contribution in [0.3, 0.4) is 0 Å². The van der Waals surface area contributed by atoms with E-state index in [0.717, 1.165) is 5.56 Å². The standard InChI is InChI=1S/C20H21NO3/c1-13(2)21-17-7-5-4-6-16(17)20(24,19(21)23)12-18(22)15-10-8-14(3)9-11-15/h4-11,13,24H,12H2,1-3H3. The average Bonchev–Trinajstić information content (AvgIpc) is 2.76. The third kappa shape index (κ3) is 2.53. The normalized spacial score (nSPS) is 19.7. The van der Waals surface area contributed by atoms with Crippen molar-refractivity contribution in [3.05, 3.63) is 65.2 Å². The molecule has 1 amide bonds. The van der Waals surface area contributed by atoms with Gasteiger partial charge in [0.1, 0.15) is 0 Å². The zero-order valence-corrected chi connectivity index (χ0v) is 14.1. The molecule has 1 N–H and O–H groups in total. The first-order valence-corrected chi connectivity index (χ1v) is 8.10. The molecule has 1 aliphatic heterocycles. The summed E-state index contributed by atoms with van der Waals surface area (Å²) in [6.45, 7) is 5.73. The fourth-order valence-corrected chi connectivity index (χ4v) is 3.21. The van der Waals surface area contributed by atoms with E-state index >= 15 is 0 Å². The zero-order valence-electron chi connectivity index (χ0n) is 14.1. The number of hydrogen-bond donors (Lipinski definition) is 1. The fraction of sp³-hybridized carbons (Fsp3) is 0.300. The quantitative estimate of drug-likeness (QED) is 0.879. The van der Waals surface area contributed by atoms with Crippen molar-refractivity contribution >= 4 is 17.4 Å². The van der Waals surface area contributed by atoms with E-state index in [-0.39, 0.29) is 18.2 Å². The second-order valence-electron chi connectivity index (χ2n) is 6.61. The van der Waals surface area contributed by atoms with Crippen molar-refractivity contribution < 1.29 is 14.7 Å². The van der Waals surface area contributed by atoms with Crippen LogP contribution in [0.2, 0.25) is 0 Å². The molecule has 1 heterocycles. The third-order valence-electron chi connectivity index (χ3n) is 4.49. The van der Waals surface area contributed by atoms with Gasteiger partial charge in [0, 0.05) is 17.2 Å². The van der Waals surface area contributed by atoms with E-state index in [0.29, 0.717) is 16.8 Å². The Labute approximate surface area is 141 Å². The Hall–Kier alpha value is -2.46. The van der Waals surface area contributed by atoms with E-state index in [1.807, 2.05) is 45.0 Å². The number of aliphatic hydroxyl groups is 1. The molecular weight excluding hydrogens is 302 g/mol. The van der Waals surface area contributed by atoms with E-state index in [2.05, 4.69) is 0 Å². The summed E-state index contributed by atoms with van der Waals surface area (Å²) in [6, 6.07) is 14.2. The molecule has 0 saturated carbocycles. The van der Waals surface area contributed by atoms with Gasteiger partial charge in [0.05, 0.1) is 12.1 Å². The predicted octanol–water partition coefficient (Wildman–Crippen LogP) is 3.21. The molecule has 124 valence electrons. The zero-order chi connectivity index (χ0) is 17.5. The minimum atomic E-state index is -1.80. The van der Waals surface area contributed by atoms with Gasteiger partial charge < -0.3 is 10.0 Å². The molecule has 1 unspecified atom stereocenters. The van der Waals surface area contributed by atoms with Crippen molar-refractivity contribution in [2.75, 3.05) is 4.90 Å². The Morgan fingerprint density at radius 3 is 2.38 bits per heavy atom. The highest BCUT2D eigenvalue weighted by Crippen LogP contribution is 2.43. The molecule has 0 aromatic heterocycles. The second-order valence-corrected chi connectivity index (χ2v) is 6.61. The number of carbonyl (C=O) groups is 2. The lowest BCUT2D eigenvalue weighted by Gasteiger charge is -2.25. The van der Waals surface area contributed by atoms with Crippen LogP contribution in [0, 0.1) is 6.92 Å². The van der Waals surface area contributed by atoms with Crippen LogP contribution in [0.1, 0.15) is 41.8 Å². The number of carbonyl (C=O) groups excluding carboxylic acids is 2. The summed E-state index contributed by atoms with van der Waals surface area (Å²) in [5.74, 6) is -0.676. The number of para-hydroxylation sites is 1. The molecule has 1 aliphatic rings. The molecule has 0 spiro atoms. The number of anilines is 1. The summed E-state index contributed by atoms with van der Waals surface area (Å²) >= 11 is 0. The third-order valence-corrected chi connectivity index (χ3v) is 4.49. The number of hydrogen-bond acceptors (Lipinski definition) is 3. The first kappa shape index (κ1) is 16.4. The van der Waals surface area contributed by atoms with E-state index in [9.17, 15) is 14.7 Å². The van der Waals surface area contributed by atoms with Crippen LogP contribution in [0.5, 0.6) is 0 Å². The summed E-state index contributed by atoms with van der Waals surface area (Å²) < 4.78 is 0. The number of rotatable bonds is 4. The molecule has 0 bridgehead atoms. The second kappa shape index (κ2) is 5.87. The molecule has 0 fully saturated rings. The van der Waals surface area contributed by atoms with Crippen LogP contribution in [-0.4, -0.2) is 22.8 Å². The van der Waals surface area contributed by atoms with Gasteiger partial charge in [-0.05, 0) is 26.8 Å². The van der Waals surface area contributed by atoms with Crippen molar-refractivity contribution in [2.45, 2.75) is 38.8 Å². The maximum Gasteiger partial charge on any atom is 0.264 e. The van der Waals surface area contributed by atoms with E-state index in [1.54, 1.807) is 29.2 Å². The Bertz CT molecular complexity index is 795. The number of aryl methyl sites for hydroxylation is 1. The SMILES string of the molecule is Cc1ccc(C(=O)CC2(O)C(=O)N(C(C)C)c3ccccc32)cc1. The van der Waals surface area contributed by atoms with Crippen molar-refractivity contribution in [3.8, 4) is 0 Å². The Morgan fingerprint density at radius 1 is 1.12 bits per heavy atom. The minimum absolute atomic E-state index is 0.0952. The highest BCUT2D eigenvalue weighted by atomic mass is 16.3. The molecule has 24 heavy (non-hydrogen) atoms. The average molecular weight is 323 g/mol.